The summed E-state index contributed by atoms with van der Waals surface area (Å²) >= 11 is 0. The fourth-order valence-corrected chi connectivity index (χ4v) is 1.97. The molecule has 3 heteroatoms. The molecule has 1 unspecified atom stereocenters. The lowest BCUT2D eigenvalue weighted by atomic mass is 9.99. The minimum atomic E-state index is 0.131. The smallest absolute Gasteiger partial charge is 0.127 e. The van der Waals surface area contributed by atoms with Crippen LogP contribution in [0, 0.1) is 0 Å². The van der Waals surface area contributed by atoms with Crippen LogP contribution in [0.5, 0.6) is 0 Å². The van der Waals surface area contributed by atoms with Crippen molar-refractivity contribution in [3.05, 3.63) is 53.6 Å². The quantitative estimate of drug-likeness (QED) is 0.846. The summed E-state index contributed by atoms with van der Waals surface area (Å²) in [6.45, 7) is 4.41. The maximum Gasteiger partial charge on any atom is 0.127 e. The molecule has 0 amide bonds. The first kappa shape index (κ1) is 11.9. The summed E-state index contributed by atoms with van der Waals surface area (Å²) in [6.07, 6.45) is 3.63. The lowest BCUT2D eigenvalue weighted by Gasteiger charge is -2.15. The first-order valence-corrected chi connectivity index (χ1v) is 5.98. The maximum atomic E-state index is 4.30. The Balaban J connectivity index is 2.26. The molecule has 3 nitrogen and oxygen atoms in total. The molecule has 17 heavy (non-hydrogen) atoms. The fourth-order valence-electron chi connectivity index (χ4n) is 1.97. The van der Waals surface area contributed by atoms with Crippen LogP contribution in [0.15, 0.2) is 36.7 Å². The monoisotopic (exact) mass is 229 g/mol. The number of H-pyrrole nitrogens is 1. The molecule has 1 heterocycles. The molecule has 0 aliphatic heterocycles. The second-order valence-corrected chi connectivity index (χ2v) is 4.52. The molecule has 1 aromatic carbocycles. The first-order valence-electron chi connectivity index (χ1n) is 5.98. The largest absolute Gasteiger partial charge is 0.347 e. The second kappa shape index (κ2) is 5.15. The molecule has 0 saturated heterocycles. The number of nitrogens with one attached hydrogen (secondary N) is 2. The summed E-state index contributed by atoms with van der Waals surface area (Å²) in [5, 5.41) is 3.28. The predicted octanol–water partition coefficient (Wildman–Crippen LogP) is 2.84. The highest BCUT2D eigenvalue weighted by atomic mass is 15.0. The van der Waals surface area contributed by atoms with Crippen molar-refractivity contribution in [1.82, 2.24) is 15.3 Å². The normalized spacial score (nSPS) is 12.9. The summed E-state index contributed by atoms with van der Waals surface area (Å²) in [5.74, 6) is 1.52. The molecule has 0 fully saturated rings. The fraction of sp³-hybridized carbons (Fsp3) is 0.357. The number of aromatic nitrogens is 2. The van der Waals surface area contributed by atoms with Crippen LogP contribution in [-0.4, -0.2) is 17.0 Å². The van der Waals surface area contributed by atoms with Gasteiger partial charge in [0.1, 0.15) is 5.82 Å². The van der Waals surface area contributed by atoms with Gasteiger partial charge in [0.25, 0.3) is 0 Å². The SMILES string of the molecule is CNC(c1ccc(C(C)C)cc1)c1ncc[nH]1. The molecule has 0 radical (unpaired) electrons. The number of nitrogens with zero attached hydrogens (tertiary/aromatic N) is 1. The van der Waals surface area contributed by atoms with E-state index in [0.717, 1.165) is 5.82 Å². The van der Waals surface area contributed by atoms with Crippen LogP contribution < -0.4 is 5.32 Å². The third-order valence-electron chi connectivity index (χ3n) is 3.02. The van der Waals surface area contributed by atoms with Crippen LogP contribution in [0.2, 0.25) is 0 Å². The topological polar surface area (TPSA) is 40.7 Å². The van der Waals surface area contributed by atoms with Crippen molar-refractivity contribution in [3.63, 3.8) is 0 Å². The van der Waals surface area contributed by atoms with E-state index < -0.39 is 0 Å². The Bertz CT molecular complexity index is 443. The molecule has 1 atom stereocenters. The van der Waals surface area contributed by atoms with Crippen molar-refractivity contribution >= 4 is 0 Å². The average molecular weight is 229 g/mol. The molecule has 2 N–H and O–H groups in total. The van der Waals surface area contributed by atoms with Gasteiger partial charge in [-0.15, -0.1) is 0 Å². The van der Waals surface area contributed by atoms with Gasteiger partial charge >= 0.3 is 0 Å². The summed E-state index contributed by atoms with van der Waals surface area (Å²) < 4.78 is 0. The predicted molar refractivity (Wildman–Crippen MR) is 70.0 cm³/mol. The second-order valence-electron chi connectivity index (χ2n) is 4.52. The van der Waals surface area contributed by atoms with E-state index in [4.69, 9.17) is 0 Å². The van der Waals surface area contributed by atoms with E-state index in [1.165, 1.54) is 11.1 Å². The Labute approximate surface area is 102 Å². The van der Waals surface area contributed by atoms with Gasteiger partial charge < -0.3 is 10.3 Å². The minimum absolute atomic E-state index is 0.131. The van der Waals surface area contributed by atoms with Crippen LogP contribution in [0.25, 0.3) is 0 Å². The van der Waals surface area contributed by atoms with Gasteiger partial charge in [-0.1, -0.05) is 38.1 Å². The third kappa shape index (κ3) is 2.56. The maximum absolute atomic E-state index is 4.30. The van der Waals surface area contributed by atoms with E-state index in [1.54, 1.807) is 6.20 Å². The van der Waals surface area contributed by atoms with Crippen molar-refractivity contribution < 1.29 is 0 Å². The molecule has 2 rings (SSSR count). The highest BCUT2D eigenvalue weighted by molar-refractivity contribution is 5.29. The van der Waals surface area contributed by atoms with Gasteiger partial charge in [0.2, 0.25) is 0 Å². The molecule has 2 aromatic rings. The number of hydrogen-bond donors (Lipinski definition) is 2. The van der Waals surface area contributed by atoms with Gasteiger partial charge in [0, 0.05) is 12.4 Å². The lowest BCUT2D eigenvalue weighted by Crippen LogP contribution is -2.18. The molecule has 0 saturated carbocycles. The summed E-state index contributed by atoms with van der Waals surface area (Å²) in [7, 11) is 1.95. The number of rotatable bonds is 4. The van der Waals surface area contributed by atoms with E-state index in [9.17, 15) is 0 Å². The Morgan fingerprint density at radius 1 is 1.12 bits per heavy atom. The van der Waals surface area contributed by atoms with Crippen LogP contribution in [-0.2, 0) is 0 Å². The number of benzene rings is 1. The van der Waals surface area contributed by atoms with Gasteiger partial charge in [0.05, 0.1) is 6.04 Å². The Morgan fingerprint density at radius 3 is 2.24 bits per heavy atom. The summed E-state index contributed by atoms with van der Waals surface area (Å²) in [4.78, 5) is 7.45. The zero-order chi connectivity index (χ0) is 12.3. The van der Waals surface area contributed by atoms with Crippen LogP contribution in [0.1, 0.15) is 42.8 Å². The van der Waals surface area contributed by atoms with Crippen molar-refractivity contribution in [3.8, 4) is 0 Å². The molecule has 90 valence electrons. The Hall–Kier alpha value is -1.61. The van der Waals surface area contributed by atoms with E-state index in [1.807, 2.05) is 13.2 Å². The van der Waals surface area contributed by atoms with Crippen molar-refractivity contribution in [2.45, 2.75) is 25.8 Å². The molecule has 0 aliphatic rings. The molecule has 0 bridgehead atoms. The van der Waals surface area contributed by atoms with Crippen LogP contribution in [0.3, 0.4) is 0 Å². The minimum Gasteiger partial charge on any atom is -0.347 e. The van der Waals surface area contributed by atoms with E-state index >= 15 is 0 Å². The third-order valence-corrected chi connectivity index (χ3v) is 3.02. The molecular weight excluding hydrogens is 210 g/mol. The van der Waals surface area contributed by atoms with Crippen LogP contribution >= 0.6 is 0 Å². The van der Waals surface area contributed by atoms with Crippen molar-refractivity contribution in [2.75, 3.05) is 7.05 Å². The van der Waals surface area contributed by atoms with E-state index in [-0.39, 0.29) is 6.04 Å². The van der Waals surface area contributed by atoms with E-state index in [2.05, 4.69) is 53.4 Å². The summed E-state index contributed by atoms with van der Waals surface area (Å²) in [5.41, 5.74) is 2.59. The molecule has 1 aromatic heterocycles. The molecule has 0 spiro atoms. The summed E-state index contributed by atoms with van der Waals surface area (Å²) in [6, 6.07) is 8.84. The van der Waals surface area contributed by atoms with Gasteiger partial charge in [-0.25, -0.2) is 4.98 Å². The zero-order valence-corrected chi connectivity index (χ0v) is 10.6. The standard InChI is InChI=1S/C14H19N3/c1-10(2)11-4-6-12(7-5-11)13(15-3)14-16-8-9-17-14/h4-10,13,15H,1-3H3,(H,16,17). The molecule has 0 aliphatic carbocycles. The number of aromatic amines is 1. The van der Waals surface area contributed by atoms with Crippen molar-refractivity contribution in [2.24, 2.45) is 0 Å². The highest BCUT2D eigenvalue weighted by Crippen LogP contribution is 2.21. The van der Waals surface area contributed by atoms with Gasteiger partial charge in [-0.3, -0.25) is 0 Å². The molecular formula is C14H19N3. The van der Waals surface area contributed by atoms with E-state index in [0.29, 0.717) is 5.92 Å². The Morgan fingerprint density at radius 2 is 1.76 bits per heavy atom. The van der Waals surface area contributed by atoms with Crippen molar-refractivity contribution in [1.29, 1.82) is 0 Å². The van der Waals surface area contributed by atoms with Crippen LogP contribution in [0.4, 0.5) is 0 Å². The Kier molecular flexibility index (Phi) is 3.59. The zero-order valence-electron chi connectivity index (χ0n) is 10.6. The van der Waals surface area contributed by atoms with Gasteiger partial charge in [-0.05, 0) is 24.1 Å². The number of hydrogen-bond acceptors (Lipinski definition) is 2. The van der Waals surface area contributed by atoms with Gasteiger partial charge in [0.15, 0.2) is 0 Å². The lowest BCUT2D eigenvalue weighted by molar-refractivity contribution is 0.654. The number of imidazole rings is 1. The first-order chi connectivity index (χ1) is 8.22. The van der Waals surface area contributed by atoms with Gasteiger partial charge in [-0.2, -0.15) is 0 Å². The highest BCUT2D eigenvalue weighted by Gasteiger charge is 2.13. The average Bonchev–Trinajstić information content (AvgIpc) is 2.84.